The smallest absolute Gasteiger partial charge is 0.165 e. The number of methoxy groups -OCH3 is 1. The lowest BCUT2D eigenvalue weighted by Crippen LogP contribution is -2.28. The number of hydrogen-bond donors (Lipinski definition) is 1. The van der Waals surface area contributed by atoms with Gasteiger partial charge in [0.15, 0.2) is 11.6 Å². The predicted molar refractivity (Wildman–Crippen MR) is 73.6 cm³/mol. The van der Waals surface area contributed by atoms with Crippen molar-refractivity contribution in [3.05, 3.63) is 34.3 Å². The van der Waals surface area contributed by atoms with E-state index in [0.717, 1.165) is 41.3 Å². The summed E-state index contributed by atoms with van der Waals surface area (Å²) < 4.78 is 21.6. The second kappa shape index (κ2) is 4.94. The zero-order valence-corrected chi connectivity index (χ0v) is 12.0. The molecular weight excluding hydrogens is 313 g/mol. The predicted octanol–water partition coefficient (Wildman–Crippen LogP) is 2.56. The minimum atomic E-state index is -0.373. The molecule has 0 fully saturated rings. The van der Waals surface area contributed by atoms with E-state index in [-0.39, 0.29) is 11.6 Å². The Hall–Kier alpha value is -1.40. The first-order valence-corrected chi connectivity index (χ1v) is 6.79. The van der Waals surface area contributed by atoms with Crippen LogP contribution in [0.3, 0.4) is 0 Å². The van der Waals surface area contributed by atoms with E-state index in [1.165, 1.54) is 13.2 Å². The molecule has 0 unspecified atom stereocenters. The zero-order chi connectivity index (χ0) is 13.4. The van der Waals surface area contributed by atoms with Crippen LogP contribution in [0.25, 0.3) is 11.4 Å². The molecule has 0 saturated carbocycles. The summed E-state index contributed by atoms with van der Waals surface area (Å²) in [6, 6.07) is 4.91. The largest absolute Gasteiger partial charge is 0.494 e. The average molecular weight is 326 g/mol. The van der Waals surface area contributed by atoms with Crippen molar-refractivity contribution in [2.24, 2.45) is 0 Å². The highest BCUT2D eigenvalue weighted by atomic mass is 79.9. The first-order chi connectivity index (χ1) is 9.20. The van der Waals surface area contributed by atoms with Gasteiger partial charge >= 0.3 is 0 Å². The summed E-state index contributed by atoms with van der Waals surface area (Å²) in [7, 11) is 1.46. The summed E-state index contributed by atoms with van der Waals surface area (Å²) in [6.45, 7) is 2.49. The number of imidazole rings is 1. The number of rotatable bonds is 2. The Labute approximate surface area is 118 Å². The molecule has 3 rings (SSSR count). The fourth-order valence-corrected chi connectivity index (χ4v) is 2.81. The molecule has 2 aromatic rings. The van der Waals surface area contributed by atoms with Gasteiger partial charge in [-0.1, -0.05) is 0 Å². The van der Waals surface area contributed by atoms with Gasteiger partial charge in [-0.05, 0) is 34.1 Å². The van der Waals surface area contributed by atoms with Gasteiger partial charge in [0, 0.05) is 25.2 Å². The maximum absolute atomic E-state index is 13.8. The van der Waals surface area contributed by atoms with Crippen molar-refractivity contribution in [3.8, 4) is 17.1 Å². The highest BCUT2D eigenvalue weighted by Gasteiger charge is 2.20. The fourth-order valence-electron chi connectivity index (χ4n) is 2.29. The topological polar surface area (TPSA) is 39.1 Å². The molecule has 100 valence electrons. The molecule has 0 amide bonds. The van der Waals surface area contributed by atoms with Gasteiger partial charge in [-0.3, -0.25) is 0 Å². The number of halogens is 2. The number of benzene rings is 1. The summed E-state index contributed by atoms with van der Waals surface area (Å²) in [4.78, 5) is 4.49. The fraction of sp³-hybridized carbons (Fsp3) is 0.308. The van der Waals surface area contributed by atoms with Crippen LogP contribution in [0.4, 0.5) is 4.39 Å². The standard InChI is InChI=1S/C13H13BrFN3O/c1-19-11-3-2-8(6-9(11)15)13-17-12(14)10-7-16-4-5-18(10)13/h2-3,6,16H,4-5,7H2,1H3. The Kier molecular flexibility index (Phi) is 3.28. The molecule has 0 saturated heterocycles. The van der Waals surface area contributed by atoms with Crippen LogP contribution in [0.5, 0.6) is 5.75 Å². The van der Waals surface area contributed by atoms with E-state index in [2.05, 4.69) is 30.8 Å². The molecule has 1 N–H and O–H groups in total. The highest BCUT2D eigenvalue weighted by Crippen LogP contribution is 2.29. The van der Waals surface area contributed by atoms with Crippen molar-refractivity contribution in [3.63, 3.8) is 0 Å². The lowest BCUT2D eigenvalue weighted by Gasteiger charge is -2.18. The first kappa shape index (κ1) is 12.6. The summed E-state index contributed by atoms with van der Waals surface area (Å²) in [5.41, 5.74) is 1.85. The lowest BCUT2D eigenvalue weighted by molar-refractivity contribution is 0.386. The van der Waals surface area contributed by atoms with Gasteiger partial charge in [0.25, 0.3) is 0 Å². The van der Waals surface area contributed by atoms with Crippen molar-refractivity contribution < 1.29 is 9.13 Å². The van der Waals surface area contributed by atoms with Crippen molar-refractivity contribution in [1.29, 1.82) is 0 Å². The van der Waals surface area contributed by atoms with Crippen LogP contribution >= 0.6 is 15.9 Å². The van der Waals surface area contributed by atoms with Gasteiger partial charge < -0.3 is 14.6 Å². The molecular formula is C13H13BrFN3O. The van der Waals surface area contributed by atoms with E-state index < -0.39 is 0 Å². The molecule has 6 heteroatoms. The summed E-state index contributed by atoms with van der Waals surface area (Å²) in [6.07, 6.45) is 0. The number of ether oxygens (including phenoxy) is 1. The Balaban J connectivity index is 2.09. The molecule has 0 aliphatic carbocycles. The maximum atomic E-state index is 13.8. The normalized spacial score (nSPS) is 14.3. The molecule has 0 atom stereocenters. The summed E-state index contributed by atoms with van der Waals surface area (Å²) in [5, 5.41) is 3.29. The maximum Gasteiger partial charge on any atom is 0.165 e. The van der Waals surface area contributed by atoms with Crippen LogP contribution in [0.15, 0.2) is 22.8 Å². The Morgan fingerprint density at radius 1 is 1.47 bits per heavy atom. The van der Waals surface area contributed by atoms with Gasteiger partial charge in [-0.15, -0.1) is 0 Å². The molecule has 2 heterocycles. The van der Waals surface area contributed by atoms with Gasteiger partial charge in [0.1, 0.15) is 10.4 Å². The number of aromatic nitrogens is 2. The van der Waals surface area contributed by atoms with Crippen molar-refractivity contribution in [2.45, 2.75) is 13.1 Å². The van der Waals surface area contributed by atoms with Crippen molar-refractivity contribution in [2.75, 3.05) is 13.7 Å². The number of nitrogens with zero attached hydrogens (tertiary/aromatic N) is 2. The van der Waals surface area contributed by atoms with Crippen molar-refractivity contribution >= 4 is 15.9 Å². The van der Waals surface area contributed by atoms with Gasteiger partial charge in [-0.25, -0.2) is 9.37 Å². The number of hydrogen-bond acceptors (Lipinski definition) is 3. The van der Waals surface area contributed by atoms with E-state index >= 15 is 0 Å². The molecule has 1 aromatic carbocycles. The van der Waals surface area contributed by atoms with E-state index in [4.69, 9.17) is 4.74 Å². The minimum absolute atomic E-state index is 0.245. The van der Waals surface area contributed by atoms with E-state index in [9.17, 15) is 4.39 Å². The molecule has 1 aliphatic heterocycles. The summed E-state index contributed by atoms with van der Waals surface area (Å²) >= 11 is 3.46. The molecule has 0 spiro atoms. The molecule has 1 aromatic heterocycles. The summed E-state index contributed by atoms with van der Waals surface area (Å²) in [5.74, 6) is 0.655. The number of fused-ring (bicyclic) bond motifs is 1. The molecule has 0 bridgehead atoms. The van der Waals surface area contributed by atoms with Crippen LogP contribution in [0, 0.1) is 5.82 Å². The van der Waals surface area contributed by atoms with Crippen LogP contribution in [-0.4, -0.2) is 23.2 Å². The third kappa shape index (κ3) is 2.15. The van der Waals surface area contributed by atoms with Crippen LogP contribution in [-0.2, 0) is 13.1 Å². The average Bonchev–Trinajstić information content (AvgIpc) is 2.77. The Morgan fingerprint density at radius 2 is 2.32 bits per heavy atom. The van der Waals surface area contributed by atoms with Gasteiger partial charge in [-0.2, -0.15) is 0 Å². The van der Waals surface area contributed by atoms with E-state index in [1.807, 2.05) is 6.07 Å². The van der Waals surface area contributed by atoms with E-state index in [1.54, 1.807) is 6.07 Å². The molecule has 19 heavy (non-hydrogen) atoms. The lowest BCUT2D eigenvalue weighted by atomic mass is 10.2. The van der Waals surface area contributed by atoms with Crippen LogP contribution in [0.2, 0.25) is 0 Å². The van der Waals surface area contributed by atoms with Crippen LogP contribution in [0.1, 0.15) is 5.69 Å². The van der Waals surface area contributed by atoms with Gasteiger partial charge in [0.2, 0.25) is 0 Å². The molecule has 0 radical (unpaired) electrons. The number of nitrogens with one attached hydrogen (secondary N) is 1. The third-order valence-corrected chi connectivity index (χ3v) is 3.87. The van der Waals surface area contributed by atoms with Crippen molar-refractivity contribution in [1.82, 2.24) is 14.9 Å². The third-order valence-electron chi connectivity index (χ3n) is 3.24. The quantitative estimate of drug-likeness (QED) is 0.922. The van der Waals surface area contributed by atoms with E-state index in [0.29, 0.717) is 0 Å². The Morgan fingerprint density at radius 3 is 3.05 bits per heavy atom. The van der Waals surface area contributed by atoms with Gasteiger partial charge in [0.05, 0.1) is 12.8 Å². The monoisotopic (exact) mass is 325 g/mol. The SMILES string of the molecule is COc1ccc(-c2nc(Br)c3n2CCNC3)cc1F. The first-order valence-electron chi connectivity index (χ1n) is 6.00. The zero-order valence-electron chi connectivity index (χ0n) is 10.4. The Bertz CT molecular complexity index is 627. The van der Waals surface area contributed by atoms with Crippen LogP contribution < -0.4 is 10.1 Å². The highest BCUT2D eigenvalue weighted by molar-refractivity contribution is 9.10. The molecule has 4 nitrogen and oxygen atoms in total. The minimum Gasteiger partial charge on any atom is -0.494 e. The second-order valence-electron chi connectivity index (χ2n) is 4.35. The molecule has 1 aliphatic rings. The second-order valence-corrected chi connectivity index (χ2v) is 5.10.